The molecule has 5 heteroatoms. The van der Waals surface area contributed by atoms with Crippen LogP contribution in [0.1, 0.15) is 47.4 Å². The number of rotatable bonds is 5. The lowest BCUT2D eigenvalue weighted by Gasteiger charge is -2.22. The van der Waals surface area contributed by atoms with Gasteiger partial charge in [-0.2, -0.15) is 5.10 Å². The summed E-state index contributed by atoms with van der Waals surface area (Å²) in [6.45, 7) is 4.66. The van der Waals surface area contributed by atoms with Gasteiger partial charge < -0.3 is 10.6 Å². The smallest absolute Gasteiger partial charge is 0.272 e. The number of hydrogen-bond acceptors (Lipinski definition) is 3. The van der Waals surface area contributed by atoms with Crippen molar-refractivity contribution in [2.45, 2.75) is 38.8 Å². The quantitative estimate of drug-likeness (QED) is 0.890. The number of nitrogens with one attached hydrogen (secondary N) is 2. The van der Waals surface area contributed by atoms with E-state index >= 15 is 0 Å². The van der Waals surface area contributed by atoms with Crippen LogP contribution >= 0.6 is 0 Å². The molecule has 1 aliphatic heterocycles. The second kappa shape index (κ2) is 7.42. The van der Waals surface area contributed by atoms with Crippen LogP contribution in [0.3, 0.4) is 0 Å². The fourth-order valence-electron chi connectivity index (χ4n) is 3.06. The summed E-state index contributed by atoms with van der Waals surface area (Å²) >= 11 is 0. The number of carbonyl (C=O) groups is 1. The molecule has 2 aromatic rings. The largest absolute Gasteiger partial charge is 0.347 e. The Bertz CT molecular complexity index is 659. The summed E-state index contributed by atoms with van der Waals surface area (Å²) in [4.78, 5) is 12.3. The van der Waals surface area contributed by atoms with Gasteiger partial charge in [0.15, 0.2) is 0 Å². The van der Waals surface area contributed by atoms with Gasteiger partial charge in [-0.3, -0.25) is 9.48 Å². The number of benzene rings is 1. The zero-order valence-electron chi connectivity index (χ0n) is 13.6. The number of aromatic nitrogens is 2. The highest BCUT2D eigenvalue weighted by molar-refractivity contribution is 5.92. The Labute approximate surface area is 137 Å². The Morgan fingerprint density at radius 3 is 2.91 bits per heavy atom. The molecule has 0 radical (unpaired) electrons. The molecule has 0 saturated carbocycles. The monoisotopic (exact) mass is 312 g/mol. The third kappa shape index (κ3) is 3.79. The van der Waals surface area contributed by atoms with Crippen molar-refractivity contribution in [1.82, 2.24) is 20.4 Å². The molecule has 5 nitrogen and oxygen atoms in total. The first-order valence-electron chi connectivity index (χ1n) is 8.38. The zero-order valence-corrected chi connectivity index (χ0v) is 13.6. The number of amides is 1. The minimum Gasteiger partial charge on any atom is -0.347 e. The van der Waals surface area contributed by atoms with Crippen molar-refractivity contribution in [2.75, 3.05) is 13.1 Å². The van der Waals surface area contributed by atoms with Crippen LogP contribution in [0, 0.1) is 0 Å². The van der Waals surface area contributed by atoms with E-state index in [4.69, 9.17) is 0 Å². The standard InChI is InChI=1S/C18H24N4O/c1-2-14-6-3-4-7-15(14)12-20-18(23)17-9-11-22(21-17)16-8-5-10-19-13-16/h3-4,6-7,9,11,16,19H,2,5,8,10,12-13H2,1H3,(H,20,23). The second-order valence-corrected chi connectivity index (χ2v) is 5.99. The Kier molecular flexibility index (Phi) is 5.08. The van der Waals surface area contributed by atoms with E-state index < -0.39 is 0 Å². The second-order valence-electron chi connectivity index (χ2n) is 5.99. The molecule has 122 valence electrons. The number of hydrogen-bond donors (Lipinski definition) is 2. The van der Waals surface area contributed by atoms with Crippen molar-refractivity contribution in [2.24, 2.45) is 0 Å². The number of aryl methyl sites for hydroxylation is 1. The minimum atomic E-state index is -0.113. The first kappa shape index (κ1) is 15.7. The van der Waals surface area contributed by atoms with Gasteiger partial charge in [0.2, 0.25) is 0 Å². The molecule has 2 N–H and O–H groups in total. The fourth-order valence-corrected chi connectivity index (χ4v) is 3.06. The summed E-state index contributed by atoms with van der Waals surface area (Å²) in [5, 5.41) is 10.8. The van der Waals surface area contributed by atoms with Gasteiger partial charge in [-0.05, 0) is 43.0 Å². The van der Waals surface area contributed by atoms with Crippen LogP contribution < -0.4 is 10.6 Å². The van der Waals surface area contributed by atoms with Crippen LogP contribution in [0.2, 0.25) is 0 Å². The molecule has 0 spiro atoms. The molecular weight excluding hydrogens is 288 g/mol. The van der Waals surface area contributed by atoms with Crippen molar-refractivity contribution in [1.29, 1.82) is 0 Å². The number of nitrogens with zero attached hydrogens (tertiary/aromatic N) is 2. The highest BCUT2D eigenvalue weighted by atomic mass is 16.1. The van der Waals surface area contributed by atoms with Crippen LogP contribution in [0.15, 0.2) is 36.5 Å². The van der Waals surface area contributed by atoms with E-state index in [2.05, 4.69) is 34.8 Å². The maximum absolute atomic E-state index is 12.3. The zero-order chi connectivity index (χ0) is 16.1. The van der Waals surface area contributed by atoms with Crippen LogP contribution in [0.25, 0.3) is 0 Å². The number of piperidine rings is 1. The Balaban J connectivity index is 1.61. The Morgan fingerprint density at radius 2 is 2.17 bits per heavy atom. The van der Waals surface area contributed by atoms with Crippen molar-refractivity contribution in [3.05, 3.63) is 53.3 Å². The van der Waals surface area contributed by atoms with Gasteiger partial charge in [0.05, 0.1) is 6.04 Å². The molecule has 1 aromatic heterocycles. The molecule has 2 heterocycles. The SMILES string of the molecule is CCc1ccccc1CNC(=O)c1ccn(C2CCCNC2)n1. The molecule has 0 aliphatic carbocycles. The third-order valence-electron chi connectivity index (χ3n) is 4.42. The molecule has 1 fully saturated rings. The summed E-state index contributed by atoms with van der Waals surface area (Å²) in [5.41, 5.74) is 2.93. The molecule has 1 aromatic carbocycles. The van der Waals surface area contributed by atoms with Gasteiger partial charge in [-0.1, -0.05) is 31.2 Å². The van der Waals surface area contributed by atoms with E-state index in [1.165, 1.54) is 11.1 Å². The molecule has 1 saturated heterocycles. The normalized spacial score (nSPS) is 17.9. The summed E-state index contributed by atoms with van der Waals surface area (Å²) in [6, 6.07) is 10.4. The van der Waals surface area contributed by atoms with Crippen molar-refractivity contribution < 1.29 is 4.79 Å². The van der Waals surface area contributed by atoms with Crippen LogP contribution in [-0.4, -0.2) is 28.8 Å². The van der Waals surface area contributed by atoms with Crippen molar-refractivity contribution in [3.63, 3.8) is 0 Å². The maximum Gasteiger partial charge on any atom is 0.272 e. The molecule has 3 rings (SSSR count). The van der Waals surface area contributed by atoms with Crippen LogP contribution in [0.4, 0.5) is 0 Å². The summed E-state index contributed by atoms with van der Waals surface area (Å²) in [6.07, 6.45) is 5.14. The van der Waals surface area contributed by atoms with Crippen molar-refractivity contribution >= 4 is 5.91 Å². The fraction of sp³-hybridized carbons (Fsp3) is 0.444. The first-order chi connectivity index (χ1) is 11.3. The van der Waals surface area contributed by atoms with E-state index in [1.807, 2.05) is 23.0 Å². The number of carbonyl (C=O) groups excluding carboxylic acids is 1. The van der Waals surface area contributed by atoms with Crippen molar-refractivity contribution in [3.8, 4) is 0 Å². The summed E-state index contributed by atoms with van der Waals surface area (Å²) in [7, 11) is 0. The van der Waals surface area contributed by atoms with E-state index in [-0.39, 0.29) is 5.91 Å². The van der Waals surface area contributed by atoms with Gasteiger partial charge in [0, 0.05) is 19.3 Å². The Hall–Kier alpha value is -2.14. The van der Waals surface area contributed by atoms with Gasteiger partial charge in [0.25, 0.3) is 5.91 Å². The van der Waals surface area contributed by atoms with Crippen LogP contribution in [-0.2, 0) is 13.0 Å². The minimum absolute atomic E-state index is 0.113. The highest BCUT2D eigenvalue weighted by Crippen LogP contribution is 2.16. The van der Waals surface area contributed by atoms with Gasteiger partial charge in [-0.15, -0.1) is 0 Å². The third-order valence-corrected chi connectivity index (χ3v) is 4.42. The topological polar surface area (TPSA) is 59.0 Å². The lowest BCUT2D eigenvalue weighted by molar-refractivity contribution is 0.0944. The lowest BCUT2D eigenvalue weighted by Crippen LogP contribution is -2.32. The van der Waals surface area contributed by atoms with Gasteiger partial charge in [0.1, 0.15) is 5.69 Å². The van der Waals surface area contributed by atoms with Crippen LogP contribution in [0.5, 0.6) is 0 Å². The van der Waals surface area contributed by atoms with Gasteiger partial charge in [-0.25, -0.2) is 0 Å². The summed E-state index contributed by atoms with van der Waals surface area (Å²) < 4.78 is 1.92. The average Bonchev–Trinajstić information content (AvgIpc) is 3.11. The predicted molar refractivity (Wildman–Crippen MR) is 90.4 cm³/mol. The molecule has 23 heavy (non-hydrogen) atoms. The first-order valence-corrected chi connectivity index (χ1v) is 8.38. The molecule has 1 unspecified atom stereocenters. The van der Waals surface area contributed by atoms with Gasteiger partial charge >= 0.3 is 0 Å². The van der Waals surface area contributed by atoms with E-state index in [0.29, 0.717) is 18.3 Å². The van der Waals surface area contributed by atoms with E-state index in [0.717, 1.165) is 32.4 Å². The molecular formula is C18H24N4O. The van der Waals surface area contributed by atoms with E-state index in [1.54, 1.807) is 6.07 Å². The molecule has 1 amide bonds. The Morgan fingerprint density at radius 1 is 1.35 bits per heavy atom. The molecule has 1 aliphatic rings. The average molecular weight is 312 g/mol. The predicted octanol–water partition coefficient (Wildman–Crippen LogP) is 2.30. The maximum atomic E-state index is 12.3. The van der Waals surface area contributed by atoms with E-state index in [9.17, 15) is 4.79 Å². The molecule has 0 bridgehead atoms. The lowest BCUT2D eigenvalue weighted by atomic mass is 10.1. The highest BCUT2D eigenvalue weighted by Gasteiger charge is 2.17. The summed E-state index contributed by atoms with van der Waals surface area (Å²) in [5.74, 6) is -0.113. The molecule has 1 atom stereocenters.